The highest BCUT2D eigenvalue weighted by molar-refractivity contribution is 5.88. The smallest absolute Gasteiger partial charge is 0.338 e. The molecular weight excluding hydrogens is 259 g/mol. The molecule has 20 heavy (non-hydrogen) atoms. The summed E-state index contributed by atoms with van der Waals surface area (Å²) in [6.45, 7) is 5.05. The predicted octanol–water partition coefficient (Wildman–Crippen LogP) is 3.68. The van der Waals surface area contributed by atoms with Crippen LogP contribution in [0.25, 0.3) is 11.1 Å². The number of esters is 1. The summed E-state index contributed by atoms with van der Waals surface area (Å²) in [5.41, 5.74) is 1.29. The van der Waals surface area contributed by atoms with E-state index in [-0.39, 0.29) is 5.75 Å². The Morgan fingerprint density at radius 1 is 1.20 bits per heavy atom. The van der Waals surface area contributed by atoms with Gasteiger partial charge in [-0.3, -0.25) is 0 Å². The molecule has 0 radical (unpaired) electrons. The Morgan fingerprint density at radius 3 is 2.40 bits per heavy atom. The van der Waals surface area contributed by atoms with Crippen LogP contribution in [0.5, 0.6) is 11.5 Å². The van der Waals surface area contributed by atoms with Crippen LogP contribution in [0, 0.1) is 5.82 Å². The summed E-state index contributed by atoms with van der Waals surface area (Å²) in [6.07, 6.45) is 0. The zero-order chi connectivity index (χ0) is 14.7. The third-order valence-electron chi connectivity index (χ3n) is 2.68. The number of hydrogen-bond acceptors (Lipinski definition) is 3. The Balaban J connectivity index is 2.24. The summed E-state index contributed by atoms with van der Waals surface area (Å²) in [4.78, 5) is 11.3. The largest absolute Gasteiger partial charge is 0.508 e. The van der Waals surface area contributed by atoms with Crippen LogP contribution in [-0.2, 0) is 4.79 Å². The Hall–Kier alpha value is -2.62. The number of ether oxygens (including phenoxy) is 1. The van der Waals surface area contributed by atoms with E-state index in [9.17, 15) is 14.3 Å². The standard InChI is InChI=1S/C16H13FO3/c1-10(2)16(19)20-13-6-3-11(4-7-13)14-8-5-12(18)9-15(14)17/h3-9,18H,1H2,2H3. The molecule has 2 aromatic rings. The van der Waals surface area contributed by atoms with Crippen LogP contribution >= 0.6 is 0 Å². The minimum atomic E-state index is -0.517. The first-order chi connectivity index (χ1) is 9.47. The number of carbonyl (C=O) groups excluding carboxylic acids is 1. The molecule has 0 aliphatic heterocycles. The van der Waals surface area contributed by atoms with Crippen molar-refractivity contribution in [2.45, 2.75) is 6.92 Å². The summed E-state index contributed by atoms with van der Waals surface area (Å²) in [7, 11) is 0. The number of halogens is 1. The topological polar surface area (TPSA) is 46.5 Å². The number of aromatic hydroxyl groups is 1. The maximum Gasteiger partial charge on any atom is 0.338 e. The van der Waals surface area contributed by atoms with Crippen molar-refractivity contribution >= 4 is 5.97 Å². The van der Waals surface area contributed by atoms with Crippen molar-refractivity contribution in [1.29, 1.82) is 0 Å². The summed E-state index contributed by atoms with van der Waals surface area (Å²) in [5.74, 6) is -0.788. The van der Waals surface area contributed by atoms with Gasteiger partial charge in [0.15, 0.2) is 0 Å². The number of phenols is 1. The van der Waals surface area contributed by atoms with Gasteiger partial charge in [-0.1, -0.05) is 18.7 Å². The molecule has 3 nitrogen and oxygen atoms in total. The van der Waals surface area contributed by atoms with Crippen molar-refractivity contribution in [1.82, 2.24) is 0 Å². The molecule has 102 valence electrons. The first-order valence-corrected chi connectivity index (χ1v) is 5.94. The van der Waals surface area contributed by atoms with Crippen molar-refractivity contribution in [3.05, 3.63) is 60.4 Å². The third kappa shape index (κ3) is 3.03. The van der Waals surface area contributed by atoms with Crippen molar-refractivity contribution in [3.8, 4) is 22.6 Å². The Morgan fingerprint density at radius 2 is 1.85 bits per heavy atom. The minimum Gasteiger partial charge on any atom is -0.508 e. The lowest BCUT2D eigenvalue weighted by Crippen LogP contribution is -2.07. The minimum absolute atomic E-state index is 0.127. The molecule has 0 heterocycles. The van der Waals surface area contributed by atoms with Crippen LogP contribution in [0.2, 0.25) is 0 Å². The Kier molecular flexibility index (Phi) is 3.84. The molecule has 0 saturated heterocycles. The van der Waals surface area contributed by atoms with E-state index >= 15 is 0 Å². The number of phenolic OH excluding ortho intramolecular Hbond substituents is 1. The van der Waals surface area contributed by atoms with E-state index in [1.807, 2.05) is 0 Å². The molecular formula is C16H13FO3. The fourth-order valence-corrected chi connectivity index (χ4v) is 1.63. The van der Waals surface area contributed by atoms with Crippen molar-refractivity contribution in [3.63, 3.8) is 0 Å². The quantitative estimate of drug-likeness (QED) is 0.526. The molecule has 0 aromatic heterocycles. The monoisotopic (exact) mass is 272 g/mol. The van der Waals surface area contributed by atoms with Crippen LogP contribution in [-0.4, -0.2) is 11.1 Å². The van der Waals surface area contributed by atoms with Gasteiger partial charge >= 0.3 is 5.97 Å². The van der Waals surface area contributed by atoms with Crippen LogP contribution in [0.3, 0.4) is 0 Å². The van der Waals surface area contributed by atoms with E-state index in [1.54, 1.807) is 31.2 Å². The van der Waals surface area contributed by atoms with E-state index in [4.69, 9.17) is 4.74 Å². The third-order valence-corrected chi connectivity index (χ3v) is 2.68. The average molecular weight is 272 g/mol. The SMILES string of the molecule is C=C(C)C(=O)Oc1ccc(-c2ccc(O)cc2F)cc1. The van der Waals surface area contributed by atoms with Gasteiger partial charge in [-0.25, -0.2) is 9.18 Å². The first kappa shape index (κ1) is 13.8. The maximum absolute atomic E-state index is 13.7. The van der Waals surface area contributed by atoms with Crippen LogP contribution < -0.4 is 4.74 Å². The lowest BCUT2D eigenvalue weighted by Gasteiger charge is -2.07. The maximum atomic E-state index is 13.7. The number of carbonyl (C=O) groups is 1. The van der Waals surface area contributed by atoms with Gasteiger partial charge < -0.3 is 9.84 Å². The summed E-state index contributed by atoms with van der Waals surface area (Å²) in [5, 5.41) is 9.17. The molecule has 0 saturated carbocycles. The number of benzene rings is 2. The second kappa shape index (κ2) is 5.57. The highest BCUT2D eigenvalue weighted by Gasteiger charge is 2.08. The Bertz CT molecular complexity index is 660. The van der Waals surface area contributed by atoms with Crippen molar-refractivity contribution in [2.75, 3.05) is 0 Å². The van der Waals surface area contributed by atoms with Crippen LogP contribution in [0.15, 0.2) is 54.6 Å². The summed E-state index contributed by atoms with van der Waals surface area (Å²) < 4.78 is 18.7. The van der Waals surface area contributed by atoms with Gasteiger partial charge in [0, 0.05) is 17.2 Å². The molecule has 0 unspecified atom stereocenters. The second-order valence-corrected chi connectivity index (χ2v) is 4.36. The van der Waals surface area contributed by atoms with E-state index in [1.165, 1.54) is 12.1 Å². The fraction of sp³-hybridized carbons (Fsp3) is 0.0625. The van der Waals surface area contributed by atoms with Crippen LogP contribution in [0.1, 0.15) is 6.92 Å². The zero-order valence-corrected chi connectivity index (χ0v) is 10.9. The van der Waals surface area contributed by atoms with E-state index in [2.05, 4.69) is 6.58 Å². The number of rotatable bonds is 3. The Labute approximate surface area is 115 Å². The lowest BCUT2D eigenvalue weighted by atomic mass is 10.0. The summed E-state index contributed by atoms with van der Waals surface area (Å²) in [6, 6.07) is 10.4. The lowest BCUT2D eigenvalue weighted by molar-refractivity contribution is -0.130. The molecule has 0 aliphatic carbocycles. The molecule has 0 aliphatic rings. The second-order valence-electron chi connectivity index (χ2n) is 4.36. The molecule has 1 N–H and O–H groups in total. The van der Waals surface area contributed by atoms with Crippen molar-refractivity contribution < 1.29 is 19.0 Å². The van der Waals surface area contributed by atoms with E-state index in [0.29, 0.717) is 22.4 Å². The van der Waals surface area contributed by atoms with Gasteiger partial charge in [0.2, 0.25) is 0 Å². The van der Waals surface area contributed by atoms with Gasteiger partial charge in [-0.2, -0.15) is 0 Å². The fourth-order valence-electron chi connectivity index (χ4n) is 1.63. The van der Waals surface area contributed by atoms with Gasteiger partial charge in [0.1, 0.15) is 17.3 Å². The van der Waals surface area contributed by atoms with Gasteiger partial charge in [0.25, 0.3) is 0 Å². The molecule has 2 rings (SSSR count). The van der Waals surface area contributed by atoms with Gasteiger partial charge in [-0.05, 0) is 36.8 Å². The van der Waals surface area contributed by atoms with Crippen molar-refractivity contribution in [2.24, 2.45) is 0 Å². The molecule has 0 bridgehead atoms. The molecule has 0 amide bonds. The normalized spacial score (nSPS) is 10.1. The number of hydrogen-bond donors (Lipinski definition) is 1. The molecule has 0 spiro atoms. The van der Waals surface area contributed by atoms with Crippen LogP contribution in [0.4, 0.5) is 4.39 Å². The molecule has 0 fully saturated rings. The molecule has 4 heteroatoms. The molecule has 2 aromatic carbocycles. The first-order valence-electron chi connectivity index (χ1n) is 5.94. The predicted molar refractivity (Wildman–Crippen MR) is 73.9 cm³/mol. The van der Waals surface area contributed by atoms with E-state index in [0.717, 1.165) is 6.07 Å². The van der Waals surface area contributed by atoms with Gasteiger partial charge in [-0.15, -0.1) is 0 Å². The van der Waals surface area contributed by atoms with Gasteiger partial charge in [0.05, 0.1) is 0 Å². The highest BCUT2D eigenvalue weighted by Crippen LogP contribution is 2.27. The molecule has 0 atom stereocenters. The highest BCUT2D eigenvalue weighted by atomic mass is 19.1. The van der Waals surface area contributed by atoms with E-state index < -0.39 is 11.8 Å². The average Bonchev–Trinajstić information content (AvgIpc) is 2.40. The summed E-state index contributed by atoms with van der Waals surface area (Å²) >= 11 is 0. The zero-order valence-electron chi connectivity index (χ0n) is 10.9.